The normalized spacial score (nSPS) is 10.4. The Kier molecular flexibility index (Phi) is 5.19. The van der Waals surface area contributed by atoms with Gasteiger partial charge in [0.2, 0.25) is 0 Å². The number of nitrogens with zero attached hydrogens (tertiary/aromatic N) is 2. The van der Waals surface area contributed by atoms with Crippen LogP contribution >= 0.6 is 27.3 Å². The van der Waals surface area contributed by atoms with Crippen molar-refractivity contribution >= 4 is 49.8 Å². The fourth-order valence-electron chi connectivity index (χ4n) is 1.83. The summed E-state index contributed by atoms with van der Waals surface area (Å²) in [6.45, 7) is 5.75. The number of benzene rings is 1. The van der Waals surface area contributed by atoms with Crippen LogP contribution in [-0.2, 0) is 0 Å². The molecule has 0 aliphatic heterocycles. The van der Waals surface area contributed by atoms with Gasteiger partial charge in [0, 0.05) is 23.2 Å². The molecule has 0 bridgehead atoms. The lowest BCUT2D eigenvalue weighted by atomic mass is 10.3. The number of amides is 1. The standard InChI is InChI=1S/C14H17BrN4OS/c1-3-19(4-2)14-18-12(16)11(21-14)13(20)17-10-7-5-9(15)6-8-10/h5-8H,3-4,16H2,1-2H3,(H,17,20). The van der Waals surface area contributed by atoms with E-state index in [0.717, 1.165) is 28.4 Å². The first kappa shape index (κ1) is 15.8. The van der Waals surface area contributed by atoms with E-state index in [9.17, 15) is 4.79 Å². The van der Waals surface area contributed by atoms with Crippen molar-refractivity contribution in [2.75, 3.05) is 29.0 Å². The fourth-order valence-corrected chi connectivity index (χ4v) is 3.11. The lowest BCUT2D eigenvalue weighted by Crippen LogP contribution is -2.21. The largest absolute Gasteiger partial charge is 0.382 e. The van der Waals surface area contributed by atoms with Gasteiger partial charge in [0.05, 0.1) is 0 Å². The van der Waals surface area contributed by atoms with Gasteiger partial charge in [0.1, 0.15) is 10.7 Å². The van der Waals surface area contributed by atoms with Crippen molar-refractivity contribution in [3.63, 3.8) is 0 Å². The van der Waals surface area contributed by atoms with Crippen molar-refractivity contribution in [2.24, 2.45) is 0 Å². The lowest BCUT2D eigenvalue weighted by Gasteiger charge is -2.16. The van der Waals surface area contributed by atoms with E-state index < -0.39 is 0 Å². The second kappa shape index (κ2) is 6.91. The minimum atomic E-state index is -0.231. The fraction of sp³-hybridized carbons (Fsp3) is 0.286. The molecule has 1 aromatic carbocycles. The van der Waals surface area contributed by atoms with E-state index in [2.05, 4.69) is 31.1 Å². The zero-order valence-corrected chi connectivity index (χ0v) is 14.3. The Hall–Kier alpha value is -1.60. The number of rotatable bonds is 5. The maximum atomic E-state index is 12.3. The Labute approximate surface area is 136 Å². The molecule has 3 N–H and O–H groups in total. The minimum absolute atomic E-state index is 0.231. The Bertz CT molecular complexity index is 622. The topological polar surface area (TPSA) is 71.2 Å². The number of thiazole rings is 1. The molecule has 0 radical (unpaired) electrons. The summed E-state index contributed by atoms with van der Waals surface area (Å²) in [6, 6.07) is 7.38. The van der Waals surface area contributed by atoms with Crippen LogP contribution < -0.4 is 16.0 Å². The van der Waals surface area contributed by atoms with E-state index in [1.807, 2.05) is 38.1 Å². The Morgan fingerprint density at radius 2 is 1.95 bits per heavy atom. The van der Waals surface area contributed by atoms with Gasteiger partial charge in [-0.3, -0.25) is 4.79 Å². The van der Waals surface area contributed by atoms with Crippen molar-refractivity contribution in [1.82, 2.24) is 4.98 Å². The van der Waals surface area contributed by atoms with Crippen LogP contribution in [0.5, 0.6) is 0 Å². The molecule has 2 rings (SSSR count). The molecule has 0 saturated carbocycles. The van der Waals surface area contributed by atoms with Gasteiger partial charge in [-0.05, 0) is 38.1 Å². The first-order valence-corrected chi connectivity index (χ1v) is 8.24. The molecule has 1 aromatic heterocycles. The second-order valence-electron chi connectivity index (χ2n) is 4.34. The van der Waals surface area contributed by atoms with Gasteiger partial charge < -0.3 is 16.0 Å². The molecule has 0 fully saturated rings. The van der Waals surface area contributed by atoms with Crippen molar-refractivity contribution in [2.45, 2.75) is 13.8 Å². The molecule has 0 aliphatic carbocycles. The molecular formula is C14H17BrN4OS. The zero-order chi connectivity index (χ0) is 15.4. The molecule has 1 amide bonds. The summed E-state index contributed by atoms with van der Waals surface area (Å²) in [5.41, 5.74) is 6.59. The lowest BCUT2D eigenvalue weighted by molar-refractivity contribution is 0.103. The van der Waals surface area contributed by atoms with E-state index in [-0.39, 0.29) is 11.7 Å². The van der Waals surface area contributed by atoms with E-state index in [0.29, 0.717) is 4.88 Å². The van der Waals surface area contributed by atoms with Crippen molar-refractivity contribution in [3.8, 4) is 0 Å². The highest BCUT2D eigenvalue weighted by atomic mass is 79.9. The zero-order valence-electron chi connectivity index (χ0n) is 11.9. The van der Waals surface area contributed by atoms with Crippen LogP contribution in [0.4, 0.5) is 16.6 Å². The van der Waals surface area contributed by atoms with Gasteiger partial charge in [0.15, 0.2) is 5.13 Å². The summed E-state index contributed by atoms with van der Waals surface area (Å²) < 4.78 is 0.960. The van der Waals surface area contributed by atoms with Crippen LogP contribution in [0.3, 0.4) is 0 Å². The summed E-state index contributed by atoms with van der Waals surface area (Å²) in [5, 5.41) is 3.60. The van der Waals surface area contributed by atoms with Gasteiger partial charge in [-0.15, -0.1) is 0 Å². The number of nitrogen functional groups attached to an aromatic ring is 1. The quantitative estimate of drug-likeness (QED) is 0.845. The van der Waals surface area contributed by atoms with Gasteiger partial charge >= 0.3 is 0 Å². The van der Waals surface area contributed by atoms with Crippen LogP contribution in [0.2, 0.25) is 0 Å². The number of nitrogens with two attached hydrogens (primary N) is 1. The summed E-state index contributed by atoms with van der Waals surface area (Å²) >= 11 is 4.67. The summed E-state index contributed by atoms with van der Waals surface area (Å²) in [4.78, 5) is 19.1. The Balaban J connectivity index is 2.17. The highest BCUT2D eigenvalue weighted by molar-refractivity contribution is 9.10. The predicted octanol–water partition coefficient (Wildman–Crippen LogP) is 3.59. The third kappa shape index (κ3) is 3.74. The van der Waals surface area contributed by atoms with Crippen LogP contribution in [0.15, 0.2) is 28.7 Å². The van der Waals surface area contributed by atoms with E-state index in [4.69, 9.17) is 5.73 Å². The molecule has 5 nitrogen and oxygen atoms in total. The molecule has 0 unspecified atom stereocenters. The third-order valence-corrected chi connectivity index (χ3v) is 4.64. The highest BCUT2D eigenvalue weighted by Crippen LogP contribution is 2.28. The average molecular weight is 369 g/mol. The van der Waals surface area contributed by atoms with Crippen molar-refractivity contribution < 1.29 is 4.79 Å². The number of nitrogens with one attached hydrogen (secondary N) is 1. The van der Waals surface area contributed by atoms with E-state index in [1.54, 1.807) is 0 Å². The number of carbonyl (C=O) groups excluding carboxylic acids is 1. The molecule has 0 spiro atoms. The van der Waals surface area contributed by atoms with Crippen LogP contribution in [0.25, 0.3) is 0 Å². The molecular weight excluding hydrogens is 352 g/mol. The minimum Gasteiger partial charge on any atom is -0.382 e. The maximum Gasteiger partial charge on any atom is 0.269 e. The van der Waals surface area contributed by atoms with Gasteiger partial charge in [-0.2, -0.15) is 0 Å². The first-order chi connectivity index (χ1) is 10.0. The second-order valence-corrected chi connectivity index (χ2v) is 6.24. The number of halogens is 1. The van der Waals surface area contributed by atoms with E-state index >= 15 is 0 Å². The van der Waals surface area contributed by atoms with Gasteiger partial charge in [-0.1, -0.05) is 27.3 Å². The van der Waals surface area contributed by atoms with Gasteiger partial charge in [0.25, 0.3) is 5.91 Å². The number of hydrogen-bond donors (Lipinski definition) is 2. The molecule has 1 heterocycles. The molecule has 0 aliphatic rings. The number of carbonyl (C=O) groups is 1. The molecule has 2 aromatic rings. The average Bonchev–Trinajstić information content (AvgIpc) is 2.85. The smallest absolute Gasteiger partial charge is 0.269 e. The van der Waals surface area contributed by atoms with E-state index in [1.165, 1.54) is 11.3 Å². The molecule has 112 valence electrons. The summed E-state index contributed by atoms with van der Waals surface area (Å²) in [6.07, 6.45) is 0. The monoisotopic (exact) mass is 368 g/mol. The first-order valence-electron chi connectivity index (χ1n) is 6.63. The van der Waals surface area contributed by atoms with Crippen molar-refractivity contribution in [1.29, 1.82) is 0 Å². The number of hydrogen-bond acceptors (Lipinski definition) is 5. The van der Waals surface area contributed by atoms with Crippen LogP contribution in [0, 0.1) is 0 Å². The van der Waals surface area contributed by atoms with Gasteiger partial charge in [-0.25, -0.2) is 4.98 Å². The highest BCUT2D eigenvalue weighted by Gasteiger charge is 2.18. The van der Waals surface area contributed by atoms with Crippen LogP contribution in [0.1, 0.15) is 23.5 Å². The molecule has 0 saturated heterocycles. The maximum absolute atomic E-state index is 12.3. The third-order valence-electron chi connectivity index (χ3n) is 2.98. The van der Waals surface area contributed by atoms with Crippen molar-refractivity contribution in [3.05, 3.63) is 33.6 Å². The molecule has 7 heteroatoms. The summed E-state index contributed by atoms with van der Waals surface area (Å²) in [7, 11) is 0. The SMILES string of the molecule is CCN(CC)c1nc(N)c(C(=O)Nc2ccc(Br)cc2)s1. The number of aromatic nitrogens is 1. The Morgan fingerprint density at radius 1 is 1.33 bits per heavy atom. The molecule has 0 atom stereocenters. The predicted molar refractivity (Wildman–Crippen MR) is 92.2 cm³/mol. The molecule has 21 heavy (non-hydrogen) atoms. The summed E-state index contributed by atoms with van der Waals surface area (Å²) in [5.74, 6) is 0.0437. The van der Waals surface area contributed by atoms with Crippen LogP contribution in [-0.4, -0.2) is 24.0 Å². The number of anilines is 3. The Morgan fingerprint density at radius 3 is 2.52 bits per heavy atom.